The Hall–Kier alpha value is -3.14. The van der Waals surface area contributed by atoms with E-state index in [4.69, 9.17) is 23.2 Å². The third-order valence-electron chi connectivity index (χ3n) is 5.75. The fraction of sp³-hybridized carbons (Fsp3) is 0.286. The maximum Gasteiger partial charge on any atom is 0.264 e. The smallest absolute Gasteiger partial charge is 0.264 e. The summed E-state index contributed by atoms with van der Waals surface area (Å²) >= 11 is 12.4. The highest BCUT2D eigenvalue weighted by Crippen LogP contribution is 2.26. The quantitative estimate of drug-likeness (QED) is 0.347. The number of amides is 2. The molecule has 0 aromatic heterocycles. The second-order valence-electron chi connectivity index (χ2n) is 9.97. The van der Waals surface area contributed by atoms with Crippen LogP contribution in [0.15, 0.2) is 77.7 Å². The van der Waals surface area contributed by atoms with Gasteiger partial charge in [-0.2, -0.15) is 0 Å². The van der Waals surface area contributed by atoms with E-state index in [1.54, 1.807) is 49.4 Å². The van der Waals surface area contributed by atoms with Gasteiger partial charge in [-0.3, -0.25) is 13.9 Å². The fourth-order valence-electron chi connectivity index (χ4n) is 3.75. The normalized spacial score (nSPS) is 12.5. The van der Waals surface area contributed by atoms with Gasteiger partial charge in [-0.25, -0.2) is 12.8 Å². The van der Waals surface area contributed by atoms with Crippen LogP contribution in [0.25, 0.3) is 0 Å². The minimum Gasteiger partial charge on any atom is -0.350 e. The number of para-hydroxylation sites is 1. The molecule has 2 amide bonds. The fourth-order valence-corrected chi connectivity index (χ4v) is 5.63. The number of halogens is 3. The van der Waals surface area contributed by atoms with Gasteiger partial charge in [-0.15, -0.1) is 0 Å². The minimum atomic E-state index is -4.29. The van der Waals surface area contributed by atoms with Gasteiger partial charge in [0.15, 0.2) is 0 Å². The molecule has 11 heteroatoms. The molecule has 0 aliphatic carbocycles. The van der Waals surface area contributed by atoms with Crippen LogP contribution >= 0.6 is 23.2 Å². The van der Waals surface area contributed by atoms with Crippen molar-refractivity contribution < 1.29 is 22.4 Å². The first-order chi connectivity index (χ1) is 18.2. The molecule has 3 aromatic rings. The van der Waals surface area contributed by atoms with E-state index >= 15 is 0 Å². The van der Waals surface area contributed by atoms with Gasteiger partial charge in [0.25, 0.3) is 10.0 Å². The number of rotatable bonds is 9. The number of nitrogens with one attached hydrogen (secondary N) is 1. The van der Waals surface area contributed by atoms with Gasteiger partial charge in [-0.1, -0.05) is 47.5 Å². The number of nitrogens with zero attached hydrogens (tertiary/aromatic N) is 2. The Labute approximate surface area is 238 Å². The lowest BCUT2D eigenvalue weighted by molar-refractivity contribution is -0.140. The van der Waals surface area contributed by atoms with E-state index < -0.39 is 45.8 Å². The zero-order valence-electron chi connectivity index (χ0n) is 22.0. The van der Waals surface area contributed by atoms with Gasteiger partial charge in [0.05, 0.1) is 10.6 Å². The van der Waals surface area contributed by atoms with Crippen LogP contribution in [0.1, 0.15) is 33.3 Å². The zero-order valence-corrected chi connectivity index (χ0v) is 24.3. The molecule has 0 saturated carbocycles. The molecular formula is C28H30Cl2FN3O4S. The van der Waals surface area contributed by atoms with Crippen molar-refractivity contribution in [1.82, 2.24) is 10.2 Å². The Bertz CT molecular complexity index is 1430. The molecule has 1 N–H and O–H groups in total. The van der Waals surface area contributed by atoms with Gasteiger partial charge in [0.1, 0.15) is 18.4 Å². The summed E-state index contributed by atoms with van der Waals surface area (Å²) in [6.07, 6.45) is 0. The molecule has 0 unspecified atom stereocenters. The summed E-state index contributed by atoms with van der Waals surface area (Å²) in [6.45, 7) is 6.30. The summed E-state index contributed by atoms with van der Waals surface area (Å²) in [5.74, 6) is -1.67. The average molecular weight is 595 g/mol. The van der Waals surface area contributed by atoms with Crippen LogP contribution in [-0.2, 0) is 26.2 Å². The standard InChI is InChI=1S/C28H30Cl2FN3O4S/c1-19(27(36)32-28(2,3)4)33(17-20-10-11-21(29)16-25(20)30)26(35)18-34(23-8-6-5-7-9-23)39(37,38)24-14-12-22(31)13-15-24/h5-16,19H,17-18H2,1-4H3,(H,32,36)/t19-/m0/s1. The number of carbonyl (C=O) groups is 2. The first-order valence-electron chi connectivity index (χ1n) is 12.1. The molecule has 0 saturated heterocycles. The van der Waals surface area contributed by atoms with Crippen molar-refractivity contribution in [1.29, 1.82) is 0 Å². The Kier molecular flexibility index (Phi) is 9.64. The van der Waals surface area contributed by atoms with E-state index in [0.29, 0.717) is 15.6 Å². The van der Waals surface area contributed by atoms with Crippen LogP contribution in [0.4, 0.5) is 10.1 Å². The molecule has 1 atom stereocenters. The molecular weight excluding hydrogens is 564 g/mol. The molecule has 7 nitrogen and oxygen atoms in total. The molecule has 0 bridgehead atoms. The van der Waals surface area contributed by atoms with E-state index in [0.717, 1.165) is 28.6 Å². The topological polar surface area (TPSA) is 86.8 Å². The highest BCUT2D eigenvalue weighted by Gasteiger charge is 2.33. The molecule has 39 heavy (non-hydrogen) atoms. The molecule has 3 rings (SSSR count). The van der Waals surface area contributed by atoms with Crippen molar-refractivity contribution >= 4 is 50.7 Å². The van der Waals surface area contributed by atoms with Gasteiger partial charge in [-0.05, 0) is 81.8 Å². The Morgan fingerprint density at radius 3 is 2.15 bits per heavy atom. The average Bonchev–Trinajstić information content (AvgIpc) is 2.86. The first-order valence-corrected chi connectivity index (χ1v) is 14.3. The third-order valence-corrected chi connectivity index (χ3v) is 8.12. The van der Waals surface area contributed by atoms with Crippen molar-refractivity contribution in [2.24, 2.45) is 0 Å². The number of hydrogen-bond donors (Lipinski definition) is 1. The Morgan fingerprint density at radius 2 is 1.59 bits per heavy atom. The van der Waals surface area contributed by atoms with E-state index in [9.17, 15) is 22.4 Å². The maximum absolute atomic E-state index is 13.9. The van der Waals surface area contributed by atoms with Crippen LogP contribution in [0.5, 0.6) is 0 Å². The number of benzene rings is 3. The molecule has 3 aromatic carbocycles. The minimum absolute atomic E-state index is 0.0766. The van der Waals surface area contributed by atoms with Crippen molar-refractivity contribution in [3.05, 3.63) is 94.2 Å². The SMILES string of the molecule is C[C@@H](C(=O)NC(C)(C)C)N(Cc1ccc(Cl)cc1Cl)C(=O)CN(c1ccccc1)S(=O)(=O)c1ccc(F)cc1. The Balaban J connectivity index is 2.03. The van der Waals surface area contributed by atoms with Gasteiger partial charge < -0.3 is 10.2 Å². The second kappa shape index (κ2) is 12.4. The van der Waals surface area contributed by atoms with E-state index in [2.05, 4.69) is 5.32 Å². The molecule has 0 aliphatic heterocycles. The number of anilines is 1. The molecule has 0 aliphatic rings. The largest absolute Gasteiger partial charge is 0.350 e. The van der Waals surface area contributed by atoms with E-state index in [1.165, 1.54) is 11.0 Å². The first kappa shape index (κ1) is 30.4. The monoisotopic (exact) mass is 593 g/mol. The highest BCUT2D eigenvalue weighted by molar-refractivity contribution is 7.92. The van der Waals surface area contributed by atoms with E-state index in [-0.39, 0.29) is 17.1 Å². The van der Waals surface area contributed by atoms with Crippen LogP contribution in [-0.4, -0.2) is 43.3 Å². The van der Waals surface area contributed by atoms with E-state index in [1.807, 2.05) is 20.8 Å². The van der Waals surface area contributed by atoms with Crippen LogP contribution < -0.4 is 9.62 Å². The van der Waals surface area contributed by atoms with Crippen molar-refractivity contribution in [3.63, 3.8) is 0 Å². The van der Waals surface area contributed by atoms with Crippen LogP contribution in [0.2, 0.25) is 10.0 Å². The summed E-state index contributed by atoms with van der Waals surface area (Å²) < 4.78 is 41.8. The lowest BCUT2D eigenvalue weighted by atomic mass is 10.1. The predicted molar refractivity (Wildman–Crippen MR) is 152 cm³/mol. The summed E-state index contributed by atoms with van der Waals surface area (Å²) in [4.78, 5) is 28.1. The van der Waals surface area contributed by atoms with Gasteiger partial charge in [0.2, 0.25) is 11.8 Å². The summed E-state index contributed by atoms with van der Waals surface area (Å²) in [6, 6.07) is 16.2. The molecule has 0 fully saturated rings. The van der Waals surface area contributed by atoms with Gasteiger partial charge >= 0.3 is 0 Å². The number of sulfonamides is 1. The van der Waals surface area contributed by atoms with Crippen LogP contribution in [0.3, 0.4) is 0 Å². The van der Waals surface area contributed by atoms with Gasteiger partial charge in [0, 0.05) is 22.1 Å². The molecule has 0 spiro atoms. The summed E-state index contributed by atoms with van der Waals surface area (Å²) in [5, 5.41) is 3.55. The number of carbonyl (C=O) groups excluding carboxylic acids is 2. The van der Waals surface area contributed by atoms with Crippen molar-refractivity contribution in [2.75, 3.05) is 10.8 Å². The van der Waals surface area contributed by atoms with Crippen LogP contribution in [0, 0.1) is 5.82 Å². The molecule has 0 heterocycles. The third kappa shape index (κ3) is 7.94. The highest BCUT2D eigenvalue weighted by atomic mass is 35.5. The molecule has 0 radical (unpaired) electrons. The zero-order chi connectivity index (χ0) is 29.0. The predicted octanol–water partition coefficient (Wildman–Crippen LogP) is 5.66. The van der Waals surface area contributed by atoms with Crippen molar-refractivity contribution in [2.45, 2.75) is 50.7 Å². The number of hydrogen-bond acceptors (Lipinski definition) is 4. The maximum atomic E-state index is 13.9. The second-order valence-corrected chi connectivity index (χ2v) is 12.7. The summed E-state index contributed by atoms with van der Waals surface area (Å²) in [7, 11) is -4.29. The Morgan fingerprint density at radius 1 is 0.974 bits per heavy atom. The lowest BCUT2D eigenvalue weighted by Gasteiger charge is -2.33. The lowest BCUT2D eigenvalue weighted by Crippen LogP contribution is -2.54. The van der Waals surface area contributed by atoms with Crippen molar-refractivity contribution in [3.8, 4) is 0 Å². The summed E-state index contributed by atoms with van der Waals surface area (Å²) in [5.41, 5.74) is 0.184. The molecule has 208 valence electrons.